The summed E-state index contributed by atoms with van der Waals surface area (Å²) in [5, 5.41) is 4.10. The Labute approximate surface area is 110 Å². The monoisotopic (exact) mass is 305 g/mol. The highest BCUT2D eigenvalue weighted by atomic mass is 79.9. The largest absolute Gasteiger partial charge is 0.377 e. The summed E-state index contributed by atoms with van der Waals surface area (Å²) in [6, 6.07) is 5.80. The van der Waals surface area contributed by atoms with Crippen LogP contribution >= 0.6 is 27.5 Å². The molecule has 0 aromatic heterocycles. The van der Waals surface area contributed by atoms with Gasteiger partial charge in [-0.25, -0.2) is 0 Å². The molecule has 4 heteroatoms. The minimum Gasteiger partial charge on any atom is -0.377 e. The quantitative estimate of drug-likeness (QED) is 0.867. The van der Waals surface area contributed by atoms with Gasteiger partial charge in [0.1, 0.15) is 0 Å². The lowest BCUT2D eigenvalue weighted by Gasteiger charge is -2.13. The lowest BCUT2D eigenvalue weighted by Crippen LogP contribution is -2.26. The van der Waals surface area contributed by atoms with E-state index in [9.17, 15) is 0 Å². The van der Waals surface area contributed by atoms with Crippen molar-refractivity contribution in [3.8, 4) is 0 Å². The Morgan fingerprint density at radius 1 is 1.50 bits per heavy atom. The van der Waals surface area contributed by atoms with Crippen LogP contribution in [0.2, 0.25) is 5.02 Å². The molecule has 0 amide bonds. The molecule has 0 aliphatic rings. The Balaban J connectivity index is 2.39. The second-order valence-electron chi connectivity index (χ2n) is 3.63. The van der Waals surface area contributed by atoms with Crippen molar-refractivity contribution in [3.05, 3.63) is 33.3 Å². The fourth-order valence-electron chi connectivity index (χ4n) is 1.43. The first-order chi connectivity index (χ1) is 7.63. The van der Waals surface area contributed by atoms with Crippen molar-refractivity contribution in [2.24, 2.45) is 0 Å². The molecule has 2 nitrogen and oxygen atoms in total. The Bertz CT molecular complexity index is 333. The predicted octanol–water partition coefficient (Wildman–Crippen LogP) is 3.62. The van der Waals surface area contributed by atoms with Crippen molar-refractivity contribution >= 4 is 27.5 Å². The topological polar surface area (TPSA) is 21.3 Å². The molecule has 0 aliphatic carbocycles. The molecule has 16 heavy (non-hydrogen) atoms. The third-order valence-corrected chi connectivity index (χ3v) is 3.21. The van der Waals surface area contributed by atoms with Crippen molar-refractivity contribution in [2.75, 3.05) is 13.2 Å². The molecule has 0 saturated carbocycles. The van der Waals surface area contributed by atoms with Crippen molar-refractivity contribution in [1.29, 1.82) is 0 Å². The fraction of sp³-hybridized carbons (Fsp3) is 0.500. The zero-order chi connectivity index (χ0) is 12.0. The average Bonchev–Trinajstić information content (AvgIpc) is 2.23. The summed E-state index contributed by atoms with van der Waals surface area (Å²) >= 11 is 9.43. The molecule has 0 bridgehead atoms. The first kappa shape index (κ1) is 14.0. The van der Waals surface area contributed by atoms with E-state index >= 15 is 0 Å². The van der Waals surface area contributed by atoms with Crippen LogP contribution in [0, 0.1) is 0 Å². The van der Waals surface area contributed by atoms with E-state index in [-0.39, 0.29) is 6.10 Å². The van der Waals surface area contributed by atoms with Crippen LogP contribution in [0.1, 0.15) is 19.4 Å². The van der Waals surface area contributed by atoms with Gasteiger partial charge < -0.3 is 10.1 Å². The van der Waals surface area contributed by atoms with Gasteiger partial charge in [0, 0.05) is 29.2 Å². The second kappa shape index (κ2) is 7.28. The van der Waals surface area contributed by atoms with Crippen molar-refractivity contribution in [1.82, 2.24) is 5.32 Å². The van der Waals surface area contributed by atoms with Gasteiger partial charge in [-0.2, -0.15) is 0 Å². The number of hydrogen-bond donors (Lipinski definition) is 1. The zero-order valence-electron chi connectivity index (χ0n) is 9.59. The van der Waals surface area contributed by atoms with Crippen LogP contribution in [0.5, 0.6) is 0 Å². The second-order valence-corrected chi connectivity index (χ2v) is 4.92. The smallest absolute Gasteiger partial charge is 0.0671 e. The van der Waals surface area contributed by atoms with Gasteiger partial charge in [-0.05, 0) is 37.6 Å². The Morgan fingerprint density at radius 3 is 2.94 bits per heavy atom. The summed E-state index contributed by atoms with van der Waals surface area (Å²) in [4.78, 5) is 0. The van der Waals surface area contributed by atoms with E-state index in [1.807, 2.05) is 25.1 Å². The third kappa shape index (κ3) is 4.83. The standard InChI is InChI=1S/C12H17BrClNO/c1-3-16-9(2)7-15-8-10-6-11(14)4-5-12(10)13/h4-6,9,15H,3,7-8H2,1-2H3. The summed E-state index contributed by atoms with van der Waals surface area (Å²) in [6.07, 6.45) is 0.239. The number of rotatable bonds is 6. The summed E-state index contributed by atoms with van der Waals surface area (Å²) in [6.45, 7) is 6.45. The highest BCUT2D eigenvalue weighted by Crippen LogP contribution is 2.20. The number of ether oxygens (including phenoxy) is 1. The number of halogens is 2. The van der Waals surface area contributed by atoms with Gasteiger partial charge in [-0.3, -0.25) is 0 Å². The minimum absolute atomic E-state index is 0.239. The van der Waals surface area contributed by atoms with Crippen LogP contribution < -0.4 is 5.32 Å². The molecule has 0 aliphatic heterocycles. The van der Waals surface area contributed by atoms with Crippen LogP contribution in [0.25, 0.3) is 0 Å². The SMILES string of the molecule is CCOC(C)CNCc1cc(Cl)ccc1Br. The number of benzene rings is 1. The summed E-state index contributed by atoms with van der Waals surface area (Å²) in [5.74, 6) is 0. The van der Waals surface area contributed by atoms with Gasteiger partial charge in [-0.1, -0.05) is 27.5 Å². The van der Waals surface area contributed by atoms with Crippen LogP contribution in [0.3, 0.4) is 0 Å². The van der Waals surface area contributed by atoms with Crippen LogP contribution in [-0.2, 0) is 11.3 Å². The van der Waals surface area contributed by atoms with Gasteiger partial charge in [0.2, 0.25) is 0 Å². The summed E-state index contributed by atoms with van der Waals surface area (Å²) < 4.78 is 6.51. The Morgan fingerprint density at radius 2 is 2.25 bits per heavy atom. The van der Waals surface area contributed by atoms with E-state index in [2.05, 4.69) is 28.2 Å². The lowest BCUT2D eigenvalue weighted by atomic mass is 10.2. The Hall–Kier alpha value is -0.0900. The van der Waals surface area contributed by atoms with E-state index in [1.165, 1.54) is 0 Å². The van der Waals surface area contributed by atoms with Gasteiger partial charge in [0.25, 0.3) is 0 Å². The maximum atomic E-state index is 5.93. The van der Waals surface area contributed by atoms with Gasteiger partial charge >= 0.3 is 0 Å². The van der Waals surface area contributed by atoms with Gasteiger partial charge in [0.05, 0.1) is 6.10 Å². The molecule has 1 unspecified atom stereocenters. The summed E-state index contributed by atoms with van der Waals surface area (Å²) in [5.41, 5.74) is 1.16. The first-order valence-electron chi connectivity index (χ1n) is 5.39. The molecule has 1 N–H and O–H groups in total. The third-order valence-electron chi connectivity index (χ3n) is 2.21. The van der Waals surface area contributed by atoms with Crippen molar-refractivity contribution in [3.63, 3.8) is 0 Å². The molecule has 0 heterocycles. The van der Waals surface area contributed by atoms with Crippen LogP contribution in [0.15, 0.2) is 22.7 Å². The molecule has 1 rings (SSSR count). The predicted molar refractivity (Wildman–Crippen MR) is 71.9 cm³/mol. The van der Waals surface area contributed by atoms with Crippen molar-refractivity contribution < 1.29 is 4.74 Å². The maximum absolute atomic E-state index is 5.93. The summed E-state index contributed by atoms with van der Waals surface area (Å²) in [7, 11) is 0. The highest BCUT2D eigenvalue weighted by Gasteiger charge is 2.03. The van der Waals surface area contributed by atoms with E-state index in [4.69, 9.17) is 16.3 Å². The maximum Gasteiger partial charge on any atom is 0.0671 e. The Kier molecular flexibility index (Phi) is 6.36. The normalized spacial score (nSPS) is 12.8. The van der Waals surface area contributed by atoms with Crippen LogP contribution in [-0.4, -0.2) is 19.3 Å². The molecule has 1 aromatic carbocycles. The molecule has 1 atom stereocenters. The van der Waals surface area contributed by atoms with Gasteiger partial charge in [0.15, 0.2) is 0 Å². The first-order valence-corrected chi connectivity index (χ1v) is 6.56. The molecule has 0 saturated heterocycles. The zero-order valence-corrected chi connectivity index (χ0v) is 11.9. The molecule has 0 spiro atoms. The van der Waals surface area contributed by atoms with E-state index in [0.29, 0.717) is 0 Å². The molecule has 0 fully saturated rings. The number of hydrogen-bond acceptors (Lipinski definition) is 2. The van der Waals surface area contributed by atoms with Crippen LogP contribution in [0.4, 0.5) is 0 Å². The van der Waals surface area contributed by atoms with E-state index in [0.717, 1.165) is 34.8 Å². The van der Waals surface area contributed by atoms with E-state index < -0.39 is 0 Å². The molecule has 90 valence electrons. The fourth-order valence-corrected chi connectivity index (χ4v) is 2.01. The number of nitrogens with one attached hydrogen (secondary N) is 1. The average molecular weight is 307 g/mol. The van der Waals surface area contributed by atoms with Gasteiger partial charge in [-0.15, -0.1) is 0 Å². The lowest BCUT2D eigenvalue weighted by molar-refractivity contribution is 0.0759. The highest BCUT2D eigenvalue weighted by molar-refractivity contribution is 9.10. The molecule has 0 radical (unpaired) electrons. The van der Waals surface area contributed by atoms with E-state index in [1.54, 1.807) is 0 Å². The van der Waals surface area contributed by atoms with Crippen molar-refractivity contribution in [2.45, 2.75) is 26.5 Å². The molecular weight excluding hydrogens is 289 g/mol. The minimum atomic E-state index is 0.239. The molecular formula is C12H17BrClNO. The molecule has 1 aromatic rings.